The summed E-state index contributed by atoms with van der Waals surface area (Å²) in [5, 5.41) is 3.95. The SMILES string of the molecule is O=C(CN1CCC(c2c[nH]c3ccccc23)CC1)NCc1ccccc1OC(F)(F)F. The summed E-state index contributed by atoms with van der Waals surface area (Å²) in [7, 11) is 0. The van der Waals surface area contributed by atoms with Crippen LogP contribution in [0.25, 0.3) is 10.9 Å². The zero-order valence-electron chi connectivity index (χ0n) is 16.9. The summed E-state index contributed by atoms with van der Waals surface area (Å²) in [6.07, 6.45) is -0.776. The lowest BCUT2D eigenvalue weighted by Gasteiger charge is -2.31. The number of aromatic nitrogens is 1. The molecule has 164 valence electrons. The predicted molar refractivity (Wildman–Crippen MR) is 112 cm³/mol. The van der Waals surface area contributed by atoms with Gasteiger partial charge in [-0.1, -0.05) is 36.4 Å². The van der Waals surface area contributed by atoms with Crippen LogP contribution in [0.4, 0.5) is 13.2 Å². The van der Waals surface area contributed by atoms with E-state index in [9.17, 15) is 18.0 Å². The zero-order valence-corrected chi connectivity index (χ0v) is 16.9. The van der Waals surface area contributed by atoms with Crippen molar-refractivity contribution in [3.63, 3.8) is 0 Å². The number of benzene rings is 2. The minimum Gasteiger partial charge on any atom is -0.405 e. The monoisotopic (exact) mass is 431 g/mol. The molecule has 0 aliphatic carbocycles. The molecule has 2 heterocycles. The van der Waals surface area contributed by atoms with Gasteiger partial charge in [0.25, 0.3) is 0 Å². The van der Waals surface area contributed by atoms with Crippen molar-refractivity contribution >= 4 is 16.8 Å². The third kappa shape index (κ3) is 5.38. The van der Waals surface area contributed by atoms with Crippen LogP contribution in [0.2, 0.25) is 0 Å². The number of hydrogen-bond donors (Lipinski definition) is 2. The van der Waals surface area contributed by atoms with Gasteiger partial charge in [-0.2, -0.15) is 0 Å². The molecule has 0 spiro atoms. The van der Waals surface area contributed by atoms with Crippen molar-refractivity contribution in [3.8, 4) is 5.75 Å². The minimum absolute atomic E-state index is 0.0170. The number of fused-ring (bicyclic) bond motifs is 1. The third-order valence-corrected chi connectivity index (χ3v) is 5.69. The fourth-order valence-electron chi connectivity index (χ4n) is 4.16. The number of nitrogens with zero attached hydrogens (tertiary/aromatic N) is 1. The third-order valence-electron chi connectivity index (χ3n) is 5.69. The first-order chi connectivity index (χ1) is 14.9. The molecule has 0 radical (unpaired) electrons. The number of amides is 1. The Hall–Kier alpha value is -3.00. The highest BCUT2D eigenvalue weighted by molar-refractivity contribution is 5.83. The molecule has 1 aliphatic rings. The summed E-state index contributed by atoms with van der Waals surface area (Å²) in [5.74, 6) is -0.0657. The number of halogens is 3. The molecule has 4 rings (SSSR count). The van der Waals surface area contributed by atoms with Gasteiger partial charge in [0.2, 0.25) is 5.91 Å². The molecule has 2 N–H and O–H groups in total. The molecular formula is C23H24F3N3O2. The second kappa shape index (κ2) is 9.01. The van der Waals surface area contributed by atoms with Crippen LogP contribution in [0.5, 0.6) is 5.75 Å². The van der Waals surface area contributed by atoms with Gasteiger partial charge in [-0.3, -0.25) is 9.69 Å². The fourth-order valence-corrected chi connectivity index (χ4v) is 4.16. The number of ether oxygens (including phenoxy) is 1. The molecule has 8 heteroatoms. The highest BCUT2D eigenvalue weighted by atomic mass is 19.4. The van der Waals surface area contributed by atoms with E-state index in [1.54, 1.807) is 6.07 Å². The number of nitrogens with one attached hydrogen (secondary N) is 2. The normalized spacial score (nSPS) is 15.8. The van der Waals surface area contributed by atoms with Crippen LogP contribution < -0.4 is 10.1 Å². The van der Waals surface area contributed by atoms with Crippen molar-refractivity contribution in [1.29, 1.82) is 0 Å². The van der Waals surface area contributed by atoms with E-state index < -0.39 is 6.36 Å². The molecule has 5 nitrogen and oxygen atoms in total. The van der Waals surface area contributed by atoms with Crippen molar-refractivity contribution in [2.45, 2.75) is 31.7 Å². The van der Waals surface area contributed by atoms with Crippen LogP contribution in [0, 0.1) is 0 Å². The van der Waals surface area contributed by atoms with Crippen molar-refractivity contribution in [1.82, 2.24) is 15.2 Å². The van der Waals surface area contributed by atoms with Crippen LogP contribution >= 0.6 is 0 Å². The van der Waals surface area contributed by atoms with Crippen molar-refractivity contribution in [2.24, 2.45) is 0 Å². The summed E-state index contributed by atoms with van der Waals surface area (Å²) in [6.45, 7) is 1.80. The number of hydrogen-bond acceptors (Lipinski definition) is 3. The van der Waals surface area contributed by atoms with E-state index >= 15 is 0 Å². The largest absolute Gasteiger partial charge is 0.573 e. The van der Waals surface area contributed by atoms with E-state index in [0.29, 0.717) is 5.92 Å². The average Bonchev–Trinajstić information content (AvgIpc) is 3.17. The summed E-state index contributed by atoms with van der Waals surface area (Å²) < 4.78 is 41.6. The number of alkyl halides is 3. The molecule has 1 fully saturated rings. The van der Waals surface area contributed by atoms with Crippen LogP contribution in [0.3, 0.4) is 0 Å². The highest BCUT2D eigenvalue weighted by Gasteiger charge is 2.32. The first-order valence-corrected chi connectivity index (χ1v) is 10.3. The number of H-pyrrole nitrogens is 1. The summed E-state index contributed by atoms with van der Waals surface area (Å²) >= 11 is 0. The molecule has 0 atom stereocenters. The Morgan fingerprint density at radius 1 is 1.10 bits per heavy atom. The van der Waals surface area contributed by atoms with E-state index in [2.05, 4.69) is 38.3 Å². The maximum atomic E-state index is 12.5. The standard InChI is InChI=1S/C23H24F3N3O2/c24-23(25,26)31-21-8-4-1-5-17(21)13-28-22(30)15-29-11-9-16(10-12-29)19-14-27-20-7-3-2-6-18(19)20/h1-8,14,16,27H,9-13,15H2,(H,28,30). The Labute approximate surface area is 178 Å². The Balaban J connectivity index is 1.27. The quantitative estimate of drug-likeness (QED) is 0.602. The fraction of sp³-hybridized carbons (Fsp3) is 0.348. The van der Waals surface area contributed by atoms with E-state index in [0.717, 1.165) is 31.4 Å². The van der Waals surface area contributed by atoms with Crippen LogP contribution in [-0.4, -0.2) is 41.8 Å². The van der Waals surface area contributed by atoms with Gasteiger partial charge in [0.05, 0.1) is 6.54 Å². The number of aromatic amines is 1. The molecule has 0 unspecified atom stereocenters. The number of rotatable bonds is 6. The average molecular weight is 431 g/mol. The van der Waals surface area contributed by atoms with Gasteiger partial charge in [-0.05, 0) is 49.5 Å². The zero-order chi connectivity index (χ0) is 21.8. The van der Waals surface area contributed by atoms with Gasteiger partial charge in [0.15, 0.2) is 0 Å². The smallest absolute Gasteiger partial charge is 0.405 e. The number of carbonyl (C=O) groups is 1. The molecule has 31 heavy (non-hydrogen) atoms. The van der Waals surface area contributed by atoms with Gasteiger partial charge in [0, 0.05) is 29.2 Å². The summed E-state index contributed by atoms with van der Waals surface area (Å²) in [6, 6.07) is 14.1. The lowest BCUT2D eigenvalue weighted by molar-refractivity contribution is -0.274. The summed E-state index contributed by atoms with van der Waals surface area (Å²) in [4.78, 5) is 17.7. The lowest BCUT2D eigenvalue weighted by atomic mass is 9.89. The Morgan fingerprint density at radius 2 is 1.81 bits per heavy atom. The maximum Gasteiger partial charge on any atom is 0.573 e. The van der Waals surface area contributed by atoms with Crippen LogP contribution in [-0.2, 0) is 11.3 Å². The molecule has 1 saturated heterocycles. The van der Waals surface area contributed by atoms with Gasteiger partial charge in [0.1, 0.15) is 5.75 Å². The molecule has 1 aliphatic heterocycles. The number of para-hydroxylation sites is 2. The van der Waals surface area contributed by atoms with Crippen molar-refractivity contribution < 1.29 is 22.7 Å². The van der Waals surface area contributed by atoms with E-state index in [1.807, 2.05) is 12.1 Å². The molecule has 3 aromatic rings. The Morgan fingerprint density at radius 3 is 2.58 bits per heavy atom. The van der Waals surface area contributed by atoms with E-state index in [1.165, 1.54) is 29.1 Å². The number of likely N-dealkylation sites (tertiary alicyclic amines) is 1. The van der Waals surface area contributed by atoms with Crippen LogP contribution in [0.1, 0.15) is 29.9 Å². The topological polar surface area (TPSA) is 57.4 Å². The van der Waals surface area contributed by atoms with Crippen LogP contribution in [0.15, 0.2) is 54.7 Å². The molecule has 0 saturated carbocycles. The second-order valence-electron chi connectivity index (χ2n) is 7.77. The predicted octanol–water partition coefficient (Wildman–Crippen LogP) is 4.56. The van der Waals surface area contributed by atoms with Gasteiger partial charge in [-0.15, -0.1) is 13.2 Å². The van der Waals surface area contributed by atoms with Crippen molar-refractivity contribution in [3.05, 3.63) is 65.9 Å². The molecular weight excluding hydrogens is 407 g/mol. The highest BCUT2D eigenvalue weighted by Crippen LogP contribution is 2.33. The van der Waals surface area contributed by atoms with E-state index in [4.69, 9.17) is 0 Å². The molecule has 1 amide bonds. The lowest BCUT2D eigenvalue weighted by Crippen LogP contribution is -2.41. The minimum atomic E-state index is -4.77. The maximum absolute atomic E-state index is 12.5. The number of piperidine rings is 1. The molecule has 0 bridgehead atoms. The van der Waals surface area contributed by atoms with E-state index in [-0.39, 0.29) is 30.3 Å². The second-order valence-corrected chi connectivity index (χ2v) is 7.77. The first kappa shape index (κ1) is 21.2. The summed E-state index contributed by atoms with van der Waals surface area (Å²) in [5.41, 5.74) is 2.74. The Bertz CT molecular complexity index is 1040. The molecule has 1 aromatic heterocycles. The van der Waals surface area contributed by atoms with Crippen molar-refractivity contribution in [2.75, 3.05) is 19.6 Å². The first-order valence-electron chi connectivity index (χ1n) is 10.3. The molecule has 2 aromatic carbocycles. The van der Waals surface area contributed by atoms with Gasteiger partial charge >= 0.3 is 6.36 Å². The Kier molecular flexibility index (Phi) is 6.18. The van der Waals surface area contributed by atoms with Gasteiger partial charge < -0.3 is 15.0 Å². The van der Waals surface area contributed by atoms with Gasteiger partial charge in [-0.25, -0.2) is 0 Å². The number of carbonyl (C=O) groups excluding carboxylic acids is 1.